The fourth-order valence-electron chi connectivity index (χ4n) is 9.60. The van der Waals surface area contributed by atoms with Crippen LogP contribution in [0.2, 0.25) is 0 Å². The van der Waals surface area contributed by atoms with Crippen molar-refractivity contribution in [2.24, 2.45) is 0 Å². The van der Waals surface area contributed by atoms with Crippen molar-refractivity contribution in [3.05, 3.63) is 243 Å². The summed E-state index contributed by atoms with van der Waals surface area (Å²) in [6.07, 6.45) is 0. The van der Waals surface area contributed by atoms with E-state index in [9.17, 15) is 0 Å². The normalized spacial score (nSPS) is 11.5. The lowest BCUT2D eigenvalue weighted by molar-refractivity contribution is 1.18. The molecule has 0 spiro atoms. The van der Waals surface area contributed by atoms with Crippen LogP contribution in [0.5, 0.6) is 0 Å². The molecule has 10 aromatic carbocycles. The highest BCUT2D eigenvalue weighted by Gasteiger charge is 2.23. The third kappa shape index (κ3) is 6.33. The Bertz CT molecular complexity index is 3620. The van der Waals surface area contributed by atoms with E-state index in [1.54, 1.807) is 0 Å². The number of anilines is 3. The fourth-order valence-corrected chi connectivity index (χ4v) is 10.7. The van der Waals surface area contributed by atoms with Crippen LogP contribution in [-0.4, -0.2) is 4.57 Å². The van der Waals surface area contributed by atoms with Gasteiger partial charge >= 0.3 is 0 Å². The lowest BCUT2D eigenvalue weighted by Crippen LogP contribution is -2.11. The fraction of sp³-hybridized carbons (Fsp3) is 0. The van der Waals surface area contributed by atoms with Crippen molar-refractivity contribution in [2.45, 2.75) is 0 Å². The largest absolute Gasteiger partial charge is 0.309 e. The smallest absolute Gasteiger partial charge is 0.0555 e. The van der Waals surface area contributed by atoms with Crippen molar-refractivity contribution in [3.63, 3.8) is 0 Å². The standard InChI is InChI=1S/C60H40N2S/c1-3-18-42(19-4-1)46-22-7-8-23-47(46)48-24-9-10-25-49(48)50-26-11-14-29-54(50)61(56-31-17-33-59-60(56)53-28-13-16-32-58(53)63-59)45-37-34-41(35-38-45)43-36-39-52-51-27-12-15-30-55(51)62(57(52)40-43)44-20-5-2-6-21-44/h1-40H. The summed E-state index contributed by atoms with van der Waals surface area (Å²) in [5.74, 6) is 0. The highest BCUT2D eigenvalue weighted by Crippen LogP contribution is 2.49. The van der Waals surface area contributed by atoms with Gasteiger partial charge in [-0.1, -0.05) is 182 Å². The predicted molar refractivity (Wildman–Crippen MR) is 270 cm³/mol. The van der Waals surface area contributed by atoms with Gasteiger partial charge in [0.1, 0.15) is 0 Å². The monoisotopic (exact) mass is 820 g/mol. The van der Waals surface area contributed by atoms with Gasteiger partial charge in [0.15, 0.2) is 0 Å². The van der Waals surface area contributed by atoms with E-state index < -0.39 is 0 Å². The lowest BCUT2D eigenvalue weighted by Gasteiger charge is -2.29. The van der Waals surface area contributed by atoms with Crippen LogP contribution in [0.1, 0.15) is 0 Å². The number of para-hydroxylation sites is 3. The molecule has 0 saturated carbocycles. The first kappa shape index (κ1) is 36.8. The van der Waals surface area contributed by atoms with Crippen molar-refractivity contribution in [3.8, 4) is 50.2 Å². The molecule has 63 heavy (non-hydrogen) atoms. The Morgan fingerprint density at radius 2 is 0.857 bits per heavy atom. The molecule has 0 aliphatic rings. The van der Waals surface area contributed by atoms with Crippen molar-refractivity contribution in [1.29, 1.82) is 0 Å². The molecule has 0 unspecified atom stereocenters. The second-order valence-corrected chi connectivity index (χ2v) is 17.1. The average molecular weight is 821 g/mol. The Kier molecular flexibility index (Phi) is 9.06. The van der Waals surface area contributed by atoms with E-state index in [1.165, 1.54) is 80.9 Å². The van der Waals surface area contributed by atoms with E-state index in [-0.39, 0.29) is 0 Å². The second kappa shape index (κ2) is 15.5. The summed E-state index contributed by atoms with van der Waals surface area (Å²) in [5, 5.41) is 5.04. The van der Waals surface area contributed by atoms with Gasteiger partial charge in [0.2, 0.25) is 0 Å². The maximum atomic E-state index is 2.48. The highest BCUT2D eigenvalue weighted by molar-refractivity contribution is 7.26. The zero-order valence-corrected chi connectivity index (χ0v) is 35.2. The van der Waals surface area contributed by atoms with Crippen LogP contribution in [0.25, 0.3) is 92.2 Å². The Hall–Kier alpha value is -7.98. The van der Waals surface area contributed by atoms with Crippen LogP contribution in [0.4, 0.5) is 17.1 Å². The minimum atomic E-state index is 1.09. The van der Waals surface area contributed by atoms with Crippen molar-refractivity contribution in [2.75, 3.05) is 4.90 Å². The maximum Gasteiger partial charge on any atom is 0.0555 e. The lowest BCUT2D eigenvalue weighted by atomic mass is 9.88. The first-order valence-electron chi connectivity index (χ1n) is 21.5. The molecule has 2 heterocycles. The number of benzene rings is 10. The quantitative estimate of drug-likeness (QED) is 0.148. The Labute approximate surface area is 370 Å². The predicted octanol–water partition coefficient (Wildman–Crippen LogP) is 17.3. The van der Waals surface area contributed by atoms with Gasteiger partial charge in [-0.15, -0.1) is 11.3 Å². The topological polar surface area (TPSA) is 8.17 Å². The van der Waals surface area contributed by atoms with Crippen LogP contribution in [0.3, 0.4) is 0 Å². The van der Waals surface area contributed by atoms with E-state index in [2.05, 4.69) is 252 Å². The molecule has 0 atom stereocenters. The van der Waals surface area contributed by atoms with E-state index in [1.807, 2.05) is 11.3 Å². The van der Waals surface area contributed by atoms with Gasteiger partial charge < -0.3 is 9.47 Å². The van der Waals surface area contributed by atoms with E-state index in [0.717, 1.165) is 28.3 Å². The second-order valence-electron chi connectivity index (χ2n) is 16.0. The first-order valence-corrected chi connectivity index (χ1v) is 22.3. The molecule has 0 radical (unpaired) electrons. The zero-order valence-electron chi connectivity index (χ0n) is 34.4. The molecule has 3 heteroatoms. The van der Waals surface area contributed by atoms with E-state index in [0.29, 0.717) is 0 Å². The van der Waals surface area contributed by atoms with Gasteiger partial charge in [0.25, 0.3) is 0 Å². The third-order valence-electron chi connectivity index (χ3n) is 12.4. The molecule has 12 aromatic rings. The molecule has 0 saturated heterocycles. The van der Waals surface area contributed by atoms with Crippen LogP contribution >= 0.6 is 11.3 Å². The molecule has 0 amide bonds. The third-order valence-corrected chi connectivity index (χ3v) is 13.6. The summed E-state index contributed by atoms with van der Waals surface area (Å²) in [5.41, 5.74) is 16.4. The molecule has 0 N–H and O–H groups in total. The maximum absolute atomic E-state index is 2.48. The summed E-state index contributed by atoms with van der Waals surface area (Å²) in [6.45, 7) is 0. The van der Waals surface area contributed by atoms with Crippen LogP contribution < -0.4 is 4.90 Å². The average Bonchev–Trinajstić information content (AvgIpc) is 3.91. The van der Waals surface area contributed by atoms with Crippen LogP contribution in [0, 0.1) is 0 Å². The number of nitrogens with zero attached hydrogens (tertiary/aromatic N) is 2. The Morgan fingerprint density at radius 3 is 1.63 bits per heavy atom. The zero-order chi connectivity index (χ0) is 41.7. The number of fused-ring (bicyclic) bond motifs is 6. The molecule has 12 rings (SSSR count). The van der Waals surface area contributed by atoms with Gasteiger partial charge in [0.05, 0.1) is 22.4 Å². The molecule has 296 valence electrons. The van der Waals surface area contributed by atoms with Crippen molar-refractivity contribution in [1.82, 2.24) is 4.57 Å². The van der Waals surface area contributed by atoms with Crippen LogP contribution in [-0.2, 0) is 0 Å². The van der Waals surface area contributed by atoms with Crippen LogP contribution in [0.15, 0.2) is 243 Å². The molecule has 0 aliphatic carbocycles. The molecule has 0 bridgehead atoms. The van der Waals surface area contributed by atoms with Gasteiger partial charge in [0, 0.05) is 47.9 Å². The van der Waals surface area contributed by atoms with Crippen molar-refractivity contribution < 1.29 is 0 Å². The summed E-state index contributed by atoms with van der Waals surface area (Å²) in [7, 11) is 0. The number of thiophene rings is 1. The Morgan fingerprint density at radius 1 is 0.317 bits per heavy atom. The first-order chi connectivity index (χ1) is 31.3. The van der Waals surface area contributed by atoms with E-state index in [4.69, 9.17) is 0 Å². The summed E-state index contributed by atoms with van der Waals surface area (Å²) in [4.78, 5) is 2.48. The minimum Gasteiger partial charge on any atom is -0.309 e. The SMILES string of the molecule is c1ccc(-c2ccccc2-c2ccccc2-c2ccccc2N(c2ccc(-c3ccc4c5ccccc5n(-c5ccccc5)c4c3)cc2)c2cccc3sc4ccccc4c23)cc1. The highest BCUT2D eigenvalue weighted by atomic mass is 32.1. The van der Waals surface area contributed by atoms with Gasteiger partial charge in [-0.2, -0.15) is 0 Å². The summed E-state index contributed by atoms with van der Waals surface area (Å²) < 4.78 is 4.95. The number of hydrogen-bond donors (Lipinski definition) is 0. The molecule has 2 nitrogen and oxygen atoms in total. The molecular formula is C60H40N2S. The number of aromatic nitrogens is 1. The number of hydrogen-bond acceptors (Lipinski definition) is 2. The summed E-state index contributed by atoms with van der Waals surface area (Å²) >= 11 is 1.86. The minimum absolute atomic E-state index is 1.09. The molecular weight excluding hydrogens is 781 g/mol. The Balaban J connectivity index is 1.04. The van der Waals surface area contributed by atoms with Gasteiger partial charge in [-0.3, -0.25) is 0 Å². The molecule has 0 aliphatic heterocycles. The molecule has 2 aromatic heterocycles. The van der Waals surface area contributed by atoms with Gasteiger partial charge in [-0.05, 0) is 99.6 Å². The van der Waals surface area contributed by atoms with Crippen molar-refractivity contribution >= 4 is 70.4 Å². The molecule has 0 fully saturated rings. The van der Waals surface area contributed by atoms with E-state index >= 15 is 0 Å². The van der Waals surface area contributed by atoms with Gasteiger partial charge in [-0.25, -0.2) is 0 Å². The number of rotatable bonds is 8. The summed E-state index contributed by atoms with van der Waals surface area (Å²) in [6, 6.07) is 88.4.